The van der Waals surface area contributed by atoms with Crippen molar-refractivity contribution in [2.45, 2.75) is 105 Å². The molecule has 0 spiro atoms. The number of carbonyl (C=O) groups excluding carboxylic acids is 4. The minimum absolute atomic E-state index is 0.00214. The van der Waals surface area contributed by atoms with Crippen LogP contribution in [-0.2, 0) is 42.9 Å². The lowest BCUT2D eigenvalue weighted by atomic mass is 9.82. The normalized spacial score (nSPS) is 23.9. The van der Waals surface area contributed by atoms with Crippen molar-refractivity contribution in [3.63, 3.8) is 0 Å². The third kappa shape index (κ3) is 10.5. The van der Waals surface area contributed by atoms with Crippen molar-refractivity contribution in [3.8, 4) is 0 Å². The summed E-state index contributed by atoms with van der Waals surface area (Å²) in [5.41, 5.74) is -2.74. The molecule has 2 N–H and O–H groups in total. The molecule has 0 radical (unpaired) electrons. The standard InChI is InChI=1S/C30H46O11/c1-17(2)9-23(31)37-14-20-15-38-28(41-26(34)13-29(7,8)35)27-21(20)12-22(40-25(33)11-19(5)6)30(27,36)16-39-24(32)10-18(3)4/h12,15,17-19,22,27-28,35-36H,9-11,13-14,16H2,1-8H3/t22-,27+,28-,30+/m0/s1. The highest BCUT2D eigenvalue weighted by atomic mass is 16.7. The summed E-state index contributed by atoms with van der Waals surface area (Å²) in [5, 5.41) is 22.2. The molecule has 0 bridgehead atoms. The number of hydrogen-bond acceptors (Lipinski definition) is 11. The van der Waals surface area contributed by atoms with Crippen LogP contribution in [0.1, 0.15) is 81.1 Å². The molecule has 1 aliphatic carbocycles. The van der Waals surface area contributed by atoms with Gasteiger partial charge in [0.05, 0.1) is 24.2 Å². The van der Waals surface area contributed by atoms with Crippen LogP contribution < -0.4 is 0 Å². The monoisotopic (exact) mass is 582 g/mol. The molecule has 1 aliphatic heterocycles. The highest BCUT2D eigenvalue weighted by molar-refractivity contribution is 5.72. The average Bonchev–Trinajstić information content (AvgIpc) is 3.07. The molecule has 4 atom stereocenters. The Morgan fingerprint density at radius 3 is 1.95 bits per heavy atom. The lowest BCUT2D eigenvalue weighted by molar-refractivity contribution is -0.219. The van der Waals surface area contributed by atoms with E-state index in [0.29, 0.717) is 11.1 Å². The zero-order chi connectivity index (χ0) is 31.1. The molecule has 0 aromatic heterocycles. The van der Waals surface area contributed by atoms with Gasteiger partial charge in [0.15, 0.2) is 11.7 Å². The zero-order valence-electron chi connectivity index (χ0n) is 25.4. The first kappa shape index (κ1) is 34.3. The van der Waals surface area contributed by atoms with Gasteiger partial charge in [-0.25, -0.2) is 0 Å². The molecule has 0 fully saturated rings. The molecule has 41 heavy (non-hydrogen) atoms. The Hall–Kier alpha value is -2.92. The highest BCUT2D eigenvalue weighted by Gasteiger charge is 2.59. The first-order valence-electron chi connectivity index (χ1n) is 14.1. The van der Waals surface area contributed by atoms with Gasteiger partial charge in [-0.2, -0.15) is 0 Å². The molecular weight excluding hydrogens is 536 g/mol. The number of aliphatic hydroxyl groups is 2. The van der Waals surface area contributed by atoms with Gasteiger partial charge in [0, 0.05) is 24.8 Å². The van der Waals surface area contributed by atoms with Crippen LogP contribution in [0.3, 0.4) is 0 Å². The van der Waals surface area contributed by atoms with Crippen molar-refractivity contribution in [1.82, 2.24) is 0 Å². The molecule has 0 aromatic rings. The maximum atomic E-state index is 12.7. The Morgan fingerprint density at radius 2 is 1.41 bits per heavy atom. The van der Waals surface area contributed by atoms with Crippen molar-refractivity contribution in [1.29, 1.82) is 0 Å². The predicted octanol–water partition coefficient (Wildman–Crippen LogP) is 3.35. The molecule has 0 amide bonds. The van der Waals surface area contributed by atoms with Gasteiger partial charge in [-0.15, -0.1) is 0 Å². The van der Waals surface area contributed by atoms with Gasteiger partial charge in [0.1, 0.15) is 13.2 Å². The van der Waals surface area contributed by atoms with Gasteiger partial charge in [-0.05, 0) is 43.3 Å². The van der Waals surface area contributed by atoms with E-state index in [2.05, 4.69) is 0 Å². The Balaban J connectivity index is 2.47. The fraction of sp³-hybridized carbons (Fsp3) is 0.733. The van der Waals surface area contributed by atoms with E-state index in [1.54, 1.807) is 0 Å². The van der Waals surface area contributed by atoms with E-state index in [1.165, 1.54) is 26.2 Å². The van der Waals surface area contributed by atoms with Crippen molar-refractivity contribution < 1.29 is 53.1 Å². The van der Waals surface area contributed by atoms with Crippen LogP contribution in [-0.4, -0.2) is 70.9 Å². The summed E-state index contributed by atoms with van der Waals surface area (Å²) in [4.78, 5) is 50.1. The van der Waals surface area contributed by atoms with E-state index >= 15 is 0 Å². The second-order valence-corrected chi connectivity index (χ2v) is 12.7. The number of hydrogen-bond donors (Lipinski definition) is 2. The number of esters is 4. The van der Waals surface area contributed by atoms with Crippen molar-refractivity contribution >= 4 is 23.9 Å². The van der Waals surface area contributed by atoms with Crippen LogP contribution in [0.4, 0.5) is 0 Å². The summed E-state index contributed by atoms with van der Waals surface area (Å²) < 4.78 is 27.8. The molecule has 232 valence electrons. The van der Waals surface area contributed by atoms with Crippen molar-refractivity contribution in [2.24, 2.45) is 23.7 Å². The topological polar surface area (TPSA) is 155 Å². The first-order valence-corrected chi connectivity index (χ1v) is 14.1. The number of rotatable bonds is 14. The minimum atomic E-state index is -2.09. The fourth-order valence-corrected chi connectivity index (χ4v) is 4.55. The van der Waals surface area contributed by atoms with Crippen LogP contribution in [0.25, 0.3) is 0 Å². The van der Waals surface area contributed by atoms with E-state index in [1.807, 2.05) is 41.5 Å². The second kappa shape index (κ2) is 14.3. The van der Waals surface area contributed by atoms with Gasteiger partial charge < -0.3 is 33.9 Å². The fourth-order valence-electron chi connectivity index (χ4n) is 4.55. The summed E-state index contributed by atoms with van der Waals surface area (Å²) in [6, 6.07) is 0. The molecule has 2 aliphatic rings. The minimum Gasteiger partial charge on any atom is -0.462 e. The zero-order valence-corrected chi connectivity index (χ0v) is 25.4. The van der Waals surface area contributed by atoms with Gasteiger partial charge in [0.2, 0.25) is 0 Å². The quantitative estimate of drug-likeness (QED) is 0.229. The average molecular weight is 583 g/mol. The van der Waals surface area contributed by atoms with Crippen molar-refractivity contribution in [2.75, 3.05) is 13.2 Å². The number of fused-ring (bicyclic) bond motifs is 1. The third-order valence-corrected chi connectivity index (χ3v) is 6.35. The van der Waals surface area contributed by atoms with Crippen LogP contribution in [0.2, 0.25) is 0 Å². The molecular formula is C30H46O11. The first-order chi connectivity index (χ1) is 18.9. The van der Waals surface area contributed by atoms with Crippen LogP contribution >= 0.6 is 0 Å². The number of ether oxygens (including phenoxy) is 5. The van der Waals surface area contributed by atoms with Gasteiger partial charge in [-0.1, -0.05) is 41.5 Å². The Bertz CT molecular complexity index is 1020. The van der Waals surface area contributed by atoms with Gasteiger partial charge in [-0.3, -0.25) is 19.2 Å². The second-order valence-electron chi connectivity index (χ2n) is 12.7. The van der Waals surface area contributed by atoms with Crippen LogP contribution in [0, 0.1) is 23.7 Å². The van der Waals surface area contributed by atoms with E-state index in [4.69, 9.17) is 23.7 Å². The van der Waals surface area contributed by atoms with Gasteiger partial charge in [0.25, 0.3) is 6.29 Å². The largest absolute Gasteiger partial charge is 0.462 e. The van der Waals surface area contributed by atoms with E-state index < -0.39 is 60.0 Å². The predicted molar refractivity (Wildman–Crippen MR) is 147 cm³/mol. The van der Waals surface area contributed by atoms with Crippen LogP contribution in [0.15, 0.2) is 23.5 Å². The molecule has 0 unspecified atom stereocenters. The summed E-state index contributed by atoms with van der Waals surface area (Å²) in [6.45, 7) is 13.2. The summed E-state index contributed by atoms with van der Waals surface area (Å²) in [6.07, 6.45) is 0.0217. The van der Waals surface area contributed by atoms with E-state index in [0.717, 1.165) is 0 Å². The molecule has 0 saturated heterocycles. The van der Waals surface area contributed by atoms with Gasteiger partial charge >= 0.3 is 23.9 Å². The summed E-state index contributed by atoms with van der Waals surface area (Å²) in [5.74, 6) is -3.52. The molecule has 11 heteroatoms. The van der Waals surface area contributed by atoms with Crippen molar-refractivity contribution in [3.05, 3.63) is 23.5 Å². The number of carbonyl (C=O) groups is 4. The Labute approximate surface area is 242 Å². The molecule has 1 heterocycles. The molecule has 2 rings (SSSR count). The third-order valence-electron chi connectivity index (χ3n) is 6.35. The highest BCUT2D eigenvalue weighted by Crippen LogP contribution is 2.47. The lowest BCUT2D eigenvalue weighted by Crippen LogP contribution is -2.56. The Kier molecular flexibility index (Phi) is 12.0. The SMILES string of the molecule is CC(C)CC(=O)OCC1=CO[C@@H](OC(=O)CC(C)(C)O)[C@H]2C1=C[C@H](OC(=O)CC(C)C)[C@]2(O)COC(=O)CC(C)C. The smallest absolute Gasteiger partial charge is 0.311 e. The molecule has 0 saturated carbocycles. The molecule has 0 aromatic carbocycles. The summed E-state index contributed by atoms with van der Waals surface area (Å²) >= 11 is 0. The maximum Gasteiger partial charge on any atom is 0.311 e. The summed E-state index contributed by atoms with van der Waals surface area (Å²) in [7, 11) is 0. The maximum absolute atomic E-state index is 12.7. The van der Waals surface area contributed by atoms with Crippen LogP contribution in [0.5, 0.6) is 0 Å². The van der Waals surface area contributed by atoms with E-state index in [-0.39, 0.29) is 50.0 Å². The molecule has 11 nitrogen and oxygen atoms in total. The van der Waals surface area contributed by atoms with E-state index in [9.17, 15) is 29.4 Å². The Morgan fingerprint density at radius 1 is 0.878 bits per heavy atom. The lowest BCUT2D eigenvalue weighted by Gasteiger charge is -2.40.